The van der Waals surface area contributed by atoms with Gasteiger partial charge in [-0.3, -0.25) is 0 Å². The van der Waals surface area contributed by atoms with Crippen molar-refractivity contribution in [2.45, 2.75) is 0 Å². The Bertz CT molecular complexity index is 1020. The average Bonchev–Trinajstić information content (AvgIpc) is 3.19. The van der Waals surface area contributed by atoms with Gasteiger partial charge in [-0.25, -0.2) is 4.98 Å². The van der Waals surface area contributed by atoms with Crippen LogP contribution in [0.2, 0.25) is 0 Å². The molecular formula is C24H18N2O. The van der Waals surface area contributed by atoms with Gasteiger partial charge in [-0.1, -0.05) is 78.7 Å². The van der Waals surface area contributed by atoms with Crippen LogP contribution in [0.4, 0.5) is 0 Å². The van der Waals surface area contributed by atoms with Crippen molar-refractivity contribution in [3.05, 3.63) is 84.9 Å². The number of rotatable bonds is 5. The van der Waals surface area contributed by atoms with Gasteiger partial charge in [-0.15, -0.1) is 6.42 Å². The molecular weight excluding hydrogens is 332 g/mol. The van der Waals surface area contributed by atoms with Gasteiger partial charge in [-0.05, 0) is 12.1 Å². The average molecular weight is 350 g/mol. The highest BCUT2D eigenvalue weighted by atomic mass is 16.5. The summed E-state index contributed by atoms with van der Waals surface area (Å²) in [5.41, 5.74) is 4.90. The van der Waals surface area contributed by atoms with Gasteiger partial charge in [0.05, 0.1) is 17.0 Å². The van der Waals surface area contributed by atoms with Gasteiger partial charge in [-0.2, -0.15) is 0 Å². The van der Waals surface area contributed by atoms with E-state index in [1.807, 2.05) is 60.7 Å². The molecule has 0 radical (unpaired) electrons. The predicted octanol–water partition coefficient (Wildman–Crippen LogP) is 5.42. The summed E-state index contributed by atoms with van der Waals surface area (Å²) in [6.07, 6.45) is 5.35. The second kappa shape index (κ2) is 7.63. The second-order valence-electron chi connectivity index (χ2n) is 6.03. The first-order valence-corrected chi connectivity index (χ1v) is 8.73. The van der Waals surface area contributed by atoms with Gasteiger partial charge in [0.15, 0.2) is 0 Å². The first-order chi connectivity index (χ1) is 13.4. The van der Waals surface area contributed by atoms with Crippen molar-refractivity contribution < 1.29 is 4.74 Å². The normalized spacial score (nSPS) is 10.3. The largest absolute Gasteiger partial charge is 0.480 e. The molecule has 1 aromatic heterocycles. The zero-order valence-corrected chi connectivity index (χ0v) is 14.7. The maximum atomic E-state index is 5.71. The lowest BCUT2D eigenvalue weighted by Crippen LogP contribution is -1.96. The lowest BCUT2D eigenvalue weighted by molar-refractivity contribution is 0.371. The van der Waals surface area contributed by atoms with E-state index in [9.17, 15) is 0 Å². The topological polar surface area (TPSA) is 37.9 Å². The van der Waals surface area contributed by atoms with E-state index < -0.39 is 0 Å². The summed E-state index contributed by atoms with van der Waals surface area (Å²) < 4.78 is 5.71. The van der Waals surface area contributed by atoms with Gasteiger partial charge >= 0.3 is 0 Å². The maximum Gasteiger partial charge on any atom is 0.148 e. The SMILES string of the molecule is C#CCOc1ccccc1-c1nc(-c2ccccc2)c(-c2ccccc2)[nH]1. The fourth-order valence-corrected chi connectivity index (χ4v) is 3.03. The van der Waals surface area contributed by atoms with E-state index in [0.717, 1.165) is 33.9 Å². The lowest BCUT2D eigenvalue weighted by Gasteiger charge is -2.07. The van der Waals surface area contributed by atoms with Crippen LogP contribution in [0.25, 0.3) is 33.9 Å². The Hall–Kier alpha value is -3.77. The van der Waals surface area contributed by atoms with Crippen molar-refractivity contribution in [3.63, 3.8) is 0 Å². The Morgan fingerprint density at radius 1 is 0.815 bits per heavy atom. The molecule has 0 saturated carbocycles. The Kier molecular flexibility index (Phi) is 4.72. The fourth-order valence-electron chi connectivity index (χ4n) is 3.03. The van der Waals surface area contributed by atoms with E-state index in [1.165, 1.54) is 0 Å². The number of benzene rings is 3. The summed E-state index contributed by atoms with van der Waals surface area (Å²) in [5, 5.41) is 0. The first kappa shape index (κ1) is 16.7. The minimum absolute atomic E-state index is 0.217. The number of aromatic amines is 1. The van der Waals surface area contributed by atoms with Crippen molar-refractivity contribution in [1.82, 2.24) is 9.97 Å². The molecule has 3 nitrogen and oxygen atoms in total. The summed E-state index contributed by atoms with van der Waals surface area (Å²) in [6, 6.07) is 28.1. The van der Waals surface area contributed by atoms with Crippen molar-refractivity contribution >= 4 is 0 Å². The van der Waals surface area contributed by atoms with Crippen LogP contribution in [0, 0.1) is 12.3 Å². The number of aromatic nitrogens is 2. The summed E-state index contributed by atoms with van der Waals surface area (Å²) in [5.74, 6) is 3.97. The minimum Gasteiger partial charge on any atom is -0.480 e. The number of terminal acetylenes is 1. The molecule has 0 saturated heterocycles. The Balaban J connectivity index is 1.87. The molecule has 0 unspecified atom stereocenters. The van der Waals surface area contributed by atoms with E-state index in [1.54, 1.807) is 0 Å². The third kappa shape index (κ3) is 3.47. The molecule has 0 atom stereocenters. The van der Waals surface area contributed by atoms with Gasteiger partial charge < -0.3 is 9.72 Å². The molecule has 3 heteroatoms. The van der Waals surface area contributed by atoms with Crippen LogP contribution in [-0.2, 0) is 0 Å². The molecule has 0 fully saturated rings. The zero-order chi connectivity index (χ0) is 18.5. The second-order valence-corrected chi connectivity index (χ2v) is 6.03. The molecule has 3 aromatic carbocycles. The molecule has 0 aliphatic carbocycles. The maximum absolute atomic E-state index is 5.71. The highest BCUT2D eigenvalue weighted by molar-refractivity contribution is 5.82. The monoisotopic (exact) mass is 350 g/mol. The van der Waals surface area contributed by atoms with Crippen LogP contribution >= 0.6 is 0 Å². The molecule has 1 heterocycles. The highest BCUT2D eigenvalue weighted by Gasteiger charge is 2.17. The van der Waals surface area contributed by atoms with Crippen LogP contribution in [0.5, 0.6) is 5.75 Å². The smallest absolute Gasteiger partial charge is 0.148 e. The molecule has 0 bridgehead atoms. The van der Waals surface area contributed by atoms with Crippen molar-refractivity contribution in [2.75, 3.05) is 6.61 Å². The van der Waals surface area contributed by atoms with E-state index in [2.05, 4.69) is 35.2 Å². The summed E-state index contributed by atoms with van der Waals surface area (Å²) in [7, 11) is 0. The molecule has 27 heavy (non-hydrogen) atoms. The molecule has 4 aromatic rings. The number of imidazole rings is 1. The Morgan fingerprint density at radius 3 is 2.15 bits per heavy atom. The third-order valence-electron chi connectivity index (χ3n) is 4.27. The van der Waals surface area contributed by atoms with Crippen LogP contribution in [0.15, 0.2) is 84.9 Å². The predicted molar refractivity (Wildman–Crippen MR) is 109 cm³/mol. The van der Waals surface area contributed by atoms with E-state index in [0.29, 0.717) is 5.75 Å². The summed E-state index contributed by atoms with van der Waals surface area (Å²) in [6.45, 7) is 0.217. The van der Waals surface area contributed by atoms with E-state index in [-0.39, 0.29) is 6.61 Å². The standard InChI is InChI=1S/C24H18N2O/c1-2-17-27-21-16-10-9-15-20(21)24-25-22(18-11-5-3-6-12-18)23(26-24)19-13-7-4-8-14-19/h1,3-16H,17H2,(H,25,26). The Morgan fingerprint density at radius 2 is 1.44 bits per heavy atom. The van der Waals surface area contributed by atoms with E-state index >= 15 is 0 Å². The van der Waals surface area contributed by atoms with Crippen molar-refractivity contribution in [1.29, 1.82) is 0 Å². The third-order valence-corrected chi connectivity index (χ3v) is 4.27. The van der Waals surface area contributed by atoms with Crippen molar-refractivity contribution in [3.8, 4) is 52.0 Å². The number of H-pyrrole nitrogens is 1. The summed E-state index contributed by atoms with van der Waals surface area (Å²) in [4.78, 5) is 8.40. The molecule has 130 valence electrons. The molecule has 0 spiro atoms. The molecule has 4 rings (SSSR count). The number of ether oxygens (including phenoxy) is 1. The number of nitrogens with zero attached hydrogens (tertiary/aromatic N) is 1. The number of hydrogen-bond donors (Lipinski definition) is 1. The lowest BCUT2D eigenvalue weighted by atomic mass is 10.1. The molecule has 0 amide bonds. The minimum atomic E-state index is 0.217. The molecule has 0 aliphatic rings. The first-order valence-electron chi connectivity index (χ1n) is 8.73. The zero-order valence-electron chi connectivity index (χ0n) is 14.7. The van der Waals surface area contributed by atoms with Crippen LogP contribution in [0.1, 0.15) is 0 Å². The fraction of sp³-hybridized carbons (Fsp3) is 0.0417. The van der Waals surface area contributed by atoms with E-state index in [4.69, 9.17) is 16.1 Å². The molecule has 0 aliphatic heterocycles. The van der Waals surface area contributed by atoms with Crippen LogP contribution in [0.3, 0.4) is 0 Å². The van der Waals surface area contributed by atoms with Gasteiger partial charge in [0.2, 0.25) is 0 Å². The summed E-state index contributed by atoms with van der Waals surface area (Å²) >= 11 is 0. The Labute approximate surface area is 158 Å². The number of hydrogen-bond acceptors (Lipinski definition) is 2. The molecule has 1 N–H and O–H groups in total. The quantitative estimate of drug-likeness (QED) is 0.488. The van der Waals surface area contributed by atoms with Crippen LogP contribution in [-0.4, -0.2) is 16.6 Å². The van der Waals surface area contributed by atoms with Gasteiger partial charge in [0.25, 0.3) is 0 Å². The van der Waals surface area contributed by atoms with Gasteiger partial charge in [0, 0.05) is 11.1 Å². The van der Waals surface area contributed by atoms with Crippen molar-refractivity contribution in [2.24, 2.45) is 0 Å². The highest BCUT2D eigenvalue weighted by Crippen LogP contribution is 2.35. The number of para-hydroxylation sites is 1. The van der Waals surface area contributed by atoms with Crippen LogP contribution < -0.4 is 4.74 Å². The number of nitrogens with one attached hydrogen (secondary N) is 1. The van der Waals surface area contributed by atoms with Gasteiger partial charge in [0.1, 0.15) is 18.2 Å².